The van der Waals surface area contributed by atoms with Gasteiger partial charge in [-0.15, -0.1) is 0 Å². The lowest BCUT2D eigenvalue weighted by Crippen LogP contribution is -2.21. The van der Waals surface area contributed by atoms with Gasteiger partial charge in [0.1, 0.15) is 5.76 Å². The maximum atomic E-state index is 11.5. The second-order valence-electron chi connectivity index (χ2n) is 3.71. The van der Waals surface area contributed by atoms with Crippen molar-refractivity contribution in [2.75, 3.05) is 0 Å². The van der Waals surface area contributed by atoms with Crippen LogP contribution >= 0.6 is 0 Å². The topological polar surface area (TPSA) is 73.5 Å². The maximum Gasteiger partial charge on any atom is 0.190 e. The summed E-state index contributed by atoms with van der Waals surface area (Å²) in [5, 5.41) is 12.7. The molecular formula is C9H12N2O2. The van der Waals surface area contributed by atoms with E-state index in [4.69, 9.17) is 5.53 Å². The van der Waals surface area contributed by atoms with E-state index in [0.717, 1.165) is 25.7 Å². The van der Waals surface area contributed by atoms with Crippen molar-refractivity contribution in [1.82, 2.24) is 0 Å². The molecule has 0 aromatic rings. The normalized spacial score (nSPS) is 33.4. The third kappa shape index (κ3) is 1.08. The predicted octanol–water partition coefficient (Wildman–Crippen LogP) is 2.18. The van der Waals surface area contributed by atoms with Crippen molar-refractivity contribution in [2.45, 2.75) is 25.7 Å². The van der Waals surface area contributed by atoms with Gasteiger partial charge >= 0.3 is 0 Å². The summed E-state index contributed by atoms with van der Waals surface area (Å²) in [4.78, 5) is 11.5. The van der Waals surface area contributed by atoms with E-state index in [-0.39, 0.29) is 29.1 Å². The van der Waals surface area contributed by atoms with Gasteiger partial charge in [0.05, 0.1) is 0 Å². The summed E-state index contributed by atoms with van der Waals surface area (Å²) < 4.78 is 0. The van der Waals surface area contributed by atoms with Crippen LogP contribution in [-0.2, 0) is 4.79 Å². The van der Waals surface area contributed by atoms with Crippen LogP contribution in [0.25, 0.3) is 0 Å². The summed E-state index contributed by atoms with van der Waals surface area (Å²) in [6.07, 6.45) is 3.81. The maximum absolute atomic E-state index is 11.5. The summed E-state index contributed by atoms with van der Waals surface area (Å²) in [5.41, 5.74) is 6.79. The third-order valence-corrected chi connectivity index (χ3v) is 3.04. The number of hydrogen-bond donors (Lipinski definition) is 2. The van der Waals surface area contributed by atoms with E-state index >= 15 is 0 Å². The molecule has 0 aliphatic heterocycles. The van der Waals surface area contributed by atoms with Crippen molar-refractivity contribution in [1.29, 1.82) is 5.53 Å². The molecule has 2 unspecified atom stereocenters. The average molecular weight is 180 g/mol. The first-order valence-corrected chi connectivity index (χ1v) is 4.60. The van der Waals surface area contributed by atoms with E-state index in [9.17, 15) is 9.90 Å². The molecule has 70 valence electrons. The Labute approximate surface area is 76.2 Å². The molecule has 4 nitrogen and oxygen atoms in total. The monoisotopic (exact) mass is 180 g/mol. The fourth-order valence-corrected chi connectivity index (χ4v) is 2.36. The fourth-order valence-electron chi connectivity index (χ4n) is 2.36. The summed E-state index contributed by atoms with van der Waals surface area (Å²) in [5.74, 6) is -0.190. The van der Waals surface area contributed by atoms with Crippen LogP contribution in [0.3, 0.4) is 0 Å². The first kappa shape index (κ1) is 8.41. The minimum Gasteiger partial charge on any atom is -0.510 e. The molecule has 2 atom stereocenters. The number of nitrogens with zero attached hydrogens (tertiary/aromatic N) is 1. The van der Waals surface area contributed by atoms with Crippen LogP contribution in [0.15, 0.2) is 16.6 Å². The Bertz CT molecular complexity index is 296. The summed E-state index contributed by atoms with van der Waals surface area (Å²) in [7, 11) is 0. The number of Topliss-reactive ketones (excluding diaryl/α,β-unsaturated/α-hetero) is 1. The standard InChI is InChI=1S/C9H12N2O2/c10-11-7-8(12)5-3-1-2-4-6(5)9(7)13/h5-6,10,12H,1-4H2. The van der Waals surface area contributed by atoms with Crippen molar-refractivity contribution < 1.29 is 9.90 Å². The van der Waals surface area contributed by atoms with Crippen LogP contribution in [0.5, 0.6) is 0 Å². The molecule has 0 aromatic carbocycles. The molecule has 2 aliphatic carbocycles. The lowest BCUT2D eigenvalue weighted by atomic mass is 9.80. The van der Waals surface area contributed by atoms with Crippen molar-refractivity contribution >= 4 is 5.78 Å². The summed E-state index contributed by atoms with van der Waals surface area (Å²) >= 11 is 0. The molecule has 2 N–H and O–H groups in total. The molecule has 0 heterocycles. The lowest BCUT2D eigenvalue weighted by Gasteiger charge is -2.23. The number of carbonyl (C=O) groups excluding carboxylic acids is 1. The zero-order chi connectivity index (χ0) is 9.42. The SMILES string of the molecule is N=NC1=C(O)C2CCCCC2C1=O. The van der Waals surface area contributed by atoms with Gasteiger partial charge in [0, 0.05) is 11.8 Å². The zero-order valence-corrected chi connectivity index (χ0v) is 7.29. The van der Waals surface area contributed by atoms with Crippen LogP contribution in [-0.4, -0.2) is 10.9 Å². The Morgan fingerprint density at radius 1 is 1.31 bits per heavy atom. The fraction of sp³-hybridized carbons (Fsp3) is 0.667. The van der Waals surface area contributed by atoms with Crippen LogP contribution in [0.4, 0.5) is 0 Å². The van der Waals surface area contributed by atoms with Gasteiger partial charge in [0.2, 0.25) is 0 Å². The van der Waals surface area contributed by atoms with Crippen molar-refractivity contribution in [3.63, 3.8) is 0 Å². The van der Waals surface area contributed by atoms with E-state index in [1.165, 1.54) is 0 Å². The molecule has 1 saturated carbocycles. The minimum absolute atomic E-state index is 0.00287. The molecule has 1 fully saturated rings. The van der Waals surface area contributed by atoms with E-state index in [1.807, 2.05) is 0 Å². The number of hydrogen-bond acceptors (Lipinski definition) is 4. The number of rotatable bonds is 1. The molecule has 0 bridgehead atoms. The van der Waals surface area contributed by atoms with Gasteiger partial charge in [0.15, 0.2) is 11.5 Å². The van der Waals surface area contributed by atoms with Crippen LogP contribution < -0.4 is 0 Å². The highest BCUT2D eigenvalue weighted by Crippen LogP contribution is 2.42. The number of fused-ring (bicyclic) bond motifs is 1. The molecule has 2 aliphatic rings. The van der Waals surface area contributed by atoms with E-state index in [1.54, 1.807) is 0 Å². The first-order valence-electron chi connectivity index (χ1n) is 4.60. The molecule has 0 aromatic heterocycles. The molecule has 0 amide bonds. The first-order chi connectivity index (χ1) is 6.25. The van der Waals surface area contributed by atoms with Crippen LogP contribution in [0, 0.1) is 17.4 Å². The third-order valence-electron chi connectivity index (χ3n) is 3.04. The van der Waals surface area contributed by atoms with E-state index in [0.29, 0.717) is 0 Å². The Hall–Kier alpha value is -1.19. The minimum atomic E-state index is -0.128. The Morgan fingerprint density at radius 2 is 1.92 bits per heavy atom. The van der Waals surface area contributed by atoms with Crippen molar-refractivity contribution in [3.05, 3.63) is 11.5 Å². The number of allylic oxidation sites excluding steroid dienone is 2. The van der Waals surface area contributed by atoms with Gasteiger partial charge in [0.25, 0.3) is 0 Å². The highest BCUT2D eigenvalue weighted by Gasteiger charge is 2.43. The number of aliphatic hydroxyl groups excluding tert-OH is 1. The van der Waals surface area contributed by atoms with Gasteiger partial charge in [-0.3, -0.25) is 4.79 Å². The molecule has 0 saturated heterocycles. The Kier molecular flexibility index (Phi) is 1.90. The van der Waals surface area contributed by atoms with Crippen molar-refractivity contribution in [3.8, 4) is 0 Å². The number of ketones is 1. The molecule has 2 rings (SSSR count). The highest BCUT2D eigenvalue weighted by molar-refractivity contribution is 6.00. The highest BCUT2D eigenvalue weighted by atomic mass is 16.3. The number of nitrogens with one attached hydrogen (secondary N) is 1. The van der Waals surface area contributed by atoms with Crippen LogP contribution in [0.2, 0.25) is 0 Å². The van der Waals surface area contributed by atoms with Crippen LogP contribution in [0.1, 0.15) is 25.7 Å². The average Bonchev–Trinajstić information content (AvgIpc) is 2.41. The lowest BCUT2D eigenvalue weighted by molar-refractivity contribution is -0.120. The second kappa shape index (κ2) is 2.94. The molecule has 0 spiro atoms. The molecule has 13 heavy (non-hydrogen) atoms. The quantitative estimate of drug-likeness (QED) is 0.607. The van der Waals surface area contributed by atoms with Crippen molar-refractivity contribution in [2.24, 2.45) is 17.0 Å². The summed E-state index contributed by atoms with van der Waals surface area (Å²) in [6, 6.07) is 0. The van der Waals surface area contributed by atoms with E-state index < -0.39 is 0 Å². The molecule has 4 heteroatoms. The number of carbonyl (C=O) groups is 1. The van der Waals surface area contributed by atoms with Gasteiger partial charge in [-0.25, -0.2) is 5.53 Å². The zero-order valence-electron chi connectivity index (χ0n) is 7.29. The second-order valence-corrected chi connectivity index (χ2v) is 3.71. The Morgan fingerprint density at radius 3 is 2.46 bits per heavy atom. The van der Waals surface area contributed by atoms with Gasteiger partial charge in [-0.2, -0.15) is 5.11 Å². The predicted molar refractivity (Wildman–Crippen MR) is 45.3 cm³/mol. The molecule has 0 radical (unpaired) electrons. The van der Waals surface area contributed by atoms with Gasteiger partial charge < -0.3 is 5.11 Å². The molecular weight excluding hydrogens is 168 g/mol. The Balaban J connectivity index is 2.33. The van der Waals surface area contributed by atoms with Gasteiger partial charge in [-0.1, -0.05) is 12.8 Å². The smallest absolute Gasteiger partial charge is 0.190 e. The van der Waals surface area contributed by atoms with Gasteiger partial charge in [-0.05, 0) is 12.8 Å². The number of aliphatic hydroxyl groups is 1. The largest absolute Gasteiger partial charge is 0.510 e. The summed E-state index contributed by atoms with van der Waals surface area (Å²) in [6.45, 7) is 0. The van der Waals surface area contributed by atoms with E-state index in [2.05, 4.69) is 5.11 Å².